The third-order valence-corrected chi connectivity index (χ3v) is 4.10. The van der Waals surface area contributed by atoms with Gasteiger partial charge < -0.3 is 19.7 Å². The van der Waals surface area contributed by atoms with E-state index in [9.17, 15) is 9.59 Å². The summed E-state index contributed by atoms with van der Waals surface area (Å²) in [6.45, 7) is 0. The standard InChI is InChI=1S/C17H13Cl3O6/c1-25-17-12(20)4-9(7-15(23)24)5-13(17)26-16-10(18)2-8(3-11(16)19)6-14(21)22/h2-5H,6-7H2,1H3,(H,21,22)(H,23,24). The molecule has 0 spiro atoms. The molecule has 0 bridgehead atoms. The van der Waals surface area contributed by atoms with E-state index >= 15 is 0 Å². The van der Waals surface area contributed by atoms with Gasteiger partial charge in [-0.05, 0) is 35.4 Å². The highest BCUT2D eigenvalue weighted by Gasteiger charge is 2.18. The lowest BCUT2D eigenvalue weighted by Crippen LogP contribution is -2.02. The lowest BCUT2D eigenvalue weighted by atomic mass is 10.1. The average molecular weight is 420 g/mol. The normalized spacial score (nSPS) is 10.5. The molecular weight excluding hydrogens is 407 g/mol. The van der Waals surface area contributed by atoms with Crippen LogP contribution in [0.15, 0.2) is 24.3 Å². The topological polar surface area (TPSA) is 93.1 Å². The molecule has 2 N–H and O–H groups in total. The molecule has 0 atom stereocenters. The van der Waals surface area contributed by atoms with Crippen molar-refractivity contribution < 1.29 is 29.3 Å². The Morgan fingerprint density at radius 1 is 0.846 bits per heavy atom. The summed E-state index contributed by atoms with van der Waals surface area (Å²) >= 11 is 18.4. The van der Waals surface area contributed by atoms with Gasteiger partial charge in [-0.2, -0.15) is 0 Å². The van der Waals surface area contributed by atoms with Crippen LogP contribution in [0.3, 0.4) is 0 Å². The van der Waals surface area contributed by atoms with Gasteiger partial charge in [0.2, 0.25) is 0 Å². The second kappa shape index (κ2) is 8.49. The fourth-order valence-electron chi connectivity index (χ4n) is 2.27. The van der Waals surface area contributed by atoms with Crippen molar-refractivity contribution in [3.05, 3.63) is 50.5 Å². The van der Waals surface area contributed by atoms with Crippen molar-refractivity contribution >= 4 is 46.7 Å². The Kier molecular flexibility index (Phi) is 6.58. The predicted octanol–water partition coefficient (Wildman–Crippen LogP) is 4.70. The van der Waals surface area contributed by atoms with Gasteiger partial charge in [0.15, 0.2) is 17.2 Å². The summed E-state index contributed by atoms with van der Waals surface area (Å²) in [5.41, 5.74) is 0.803. The number of hydrogen-bond acceptors (Lipinski definition) is 4. The minimum atomic E-state index is -1.04. The molecule has 0 aromatic heterocycles. The van der Waals surface area contributed by atoms with Crippen molar-refractivity contribution in [3.63, 3.8) is 0 Å². The summed E-state index contributed by atoms with van der Waals surface area (Å²) in [4.78, 5) is 21.7. The van der Waals surface area contributed by atoms with E-state index in [2.05, 4.69) is 0 Å². The summed E-state index contributed by atoms with van der Waals surface area (Å²) in [5.74, 6) is -1.68. The summed E-state index contributed by atoms with van der Waals surface area (Å²) in [6.07, 6.45) is -0.512. The van der Waals surface area contributed by atoms with Crippen LogP contribution in [0.5, 0.6) is 17.2 Å². The highest BCUT2D eigenvalue weighted by atomic mass is 35.5. The van der Waals surface area contributed by atoms with Crippen molar-refractivity contribution in [1.29, 1.82) is 0 Å². The maximum Gasteiger partial charge on any atom is 0.307 e. The van der Waals surface area contributed by atoms with Crippen molar-refractivity contribution in [2.24, 2.45) is 0 Å². The molecule has 26 heavy (non-hydrogen) atoms. The van der Waals surface area contributed by atoms with E-state index in [1.807, 2.05) is 0 Å². The first-order valence-electron chi connectivity index (χ1n) is 7.17. The first-order chi connectivity index (χ1) is 12.2. The Labute approximate surface area is 163 Å². The number of methoxy groups -OCH3 is 1. The molecule has 0 radical (unpaired) electrons. The Morgan fingerprint density at radius 2 is 1.27 bits per heavy atom. The summed E-state index contributed by atoms with van der Waals surface area (Å²) in [5, 5.41) is 18.2. The van der Waals surface area contributed by atoms with Crippen molar-refractivity contribution in [1.82, 2.24) is 0 Å². The molecule has 0 saturated carbocycles. The van der Waals surface area contributed by atoms with E-state index in [0.717, 1.165) is 0 Å². The van der Waals surface area contributed by atoms with Crippen LogP contribution in [0.2, 0.25) is 15.1 Å². The van der Waals surface area contributed by atoms with Gasteiger partial charge in [-0.25, -0.2) is 0 Å². The lowest BCUT2D eigenvalue weighted by molar-refractivity contribution is -0.137. The van der Waals surface area contributed by atoms with Gasteiger partial charge in [0.05, 0.1) is 35.0 Å². The number of rotatable bonds is 7. The molecule has 6 nitrogen and oxygen atoms in total. The van der Waals surface area contributed by atoms with Crippen LogP contribution in [0.1, 0.15) is 11.1 Å². The molecule has 9 heteroatoms. The lowest BCUT2D eigenvalue weighted by Gasteiger charge is -2.15. The van der Waals surface area contributed by atoms with Gasteiger partial charge in [0, 0.05) is 0 Å². The van der Waals surface area contributed by atoms with Crippen molar-refractivity contribution in [2.75, 3.05) is 7.11 Å². The summed E-state index contributed by atoms with van der Waals surface area (Å²) in [6, 6.07) is 5.76. The smallest absolute Gasteiger partial charge is 0.307 e. The largest absolute Gasteiger partial charge is 0.491 e. The Hall–Kier alpha value is -2.15. The Bertz CT molecular complexity index is 843. The van der Waals surface area contributed by atoms with Gasteiger partial charge in [-0.3, -0.25) is 9.59 Å². The van der Waals surface area contributed by atoms with Crippen LogP contribution < -0.4 is 9.47 Å². The van der Waals surface area contributed by atoms with Crippen LogP contribution in [-0.2, 0) is 22.4 Å². The minimum absolute atomic E-state index is 0.0734. The van der Waals surface area contributed by atoms with Crippen LogP contribution >= 0.6 is 34.8 Å². The predicted molar refractivity (Wildman–Crippen MR) is 97.2 cm³/mol. The quantitative estimate of drug-likeness (QED) is 0.675. The van der Waals surface area contributed by atoms with Gasteiger partial charge in [-0.15, -0.1) is 0 Å². The van der Waals surface area contributed by atoms with Gasteiger partial charge in [0.1, 0.15) is 0 Å². The molecule has 0 aliphatic rings. The SMILES string of the molecule is COc1c(Cl)cc(CC(=O)O)cc1Oc1c(Cl)cc(CC(=O)O)cc1Cl. The molecule has 2 aromatic rings. The number of ether oxygens (including phenoxy) is 2. The van der Waals surface area contributed by atoms with Crippen molar-refractivity contribution in [2.45, 2.75) is 12.8 Å². The molecule has 0 amide bonds. The van der Waals surface area contributed by atoms with Crippen LogP contribution in [0.25, 0.3) is 0 Å². The summed E-state index contributed by atoms with van der Waals surface area (Å²) < 4.78 is 10.9. The number of carboxylic acids is 2. The number of hydrogen-bond donors (Lipinski definition) is 2. The molecular formula is C17H13Cl3O6. The van der Waals surface area contributed by atoms with Gasteiger partial charge in [-0.1, -0.05) is 34.8 Å². The molecule has 2 rings (SSSR count). The number of carboxylic acid groups (broad SMARTS) is 2. The highest BCUT2D eigenvalue weighted by Crippen LogP contribution is 2.43. The fourth-order valence-corrected chi connectivity index (χ4v) is 3.19. The van der Waals surface area contributed by atoms with E-state index < -0.39 is 11.9 Å². The third kappa shape index (κ3) is 4.94. The van der Waals surface area contributed by atoms with Crippen LogP contribution in [-0.4, -0.2) is 29.3 Å². The molecule has 2 aromatic carbocycles. The number of aliphatic carboxylic acids is 2. The number of carbonyl (C=O) groups is 2. The molecule has 0 saturated heterocycles. The van der Waals surface area contributed by atoms with Crippen molar-refractivity contribution in [3.8, 4) is 17.2 Å². The maximum atomic E-state index is 10.9. The summed E-state index contributed by atoms with van der Waals surface area (Å²) in [7, 11) is 1.38. The average Bonchev–Trinajstić information content (AvgIpc) is 2.49. The van der Waals surface area contributed by atoms with E-state index in [1.54, 1.807) is 0 Å². The molecule has 138 valence electrons. The zero-order valence-electron chi connectivity index (χ0n) is 13.4. The molecule has 0 fully saturated rings. The number of halogens is 3. The van der Waals surface area contributed by atoms with Crippen LogP contribution in [0, 0.1) is 0 Å². The molecule has 0 aliphatic carbocycles. The third-order valence-electron chi connectivity index (χ3n) is 3.25. The van der Waals surface area contributed by atoms with Gasteiger partial charge >= 0.3 is 11.9 Å². The fraction of sp³-hybridized carbons (Fsp3) is 0.176. The Morgan fingerprint density at radius 3 is 1.69 bits per heavy atom. The maximum absolute atomic E-state index is 10.9. The molecule has 0 heterocycles. The second-order valence-corrected chi connectivity index (χ2v) is 6.46. The Balaban J connectivity index is 2.45. The monoisotopic (exact) mass is 418 g/mol. The minimum Gasteiger partial charge on any atom is -0.491 e. The van der Waals surface area contributed by atoms with E-state index in [4.69, 9.17) is 54.5 Å². The van der Waals surface area contributed by atoms with E-state index in [1.165, 1.54) is 31.4 Å². The number of benzene rings is 2. The van der Waals surface area contributed by atoms with E-state index in [-0.39, 0.29) is 45.2 Å². The van der Waals surface area contributed by atoms with Crippen LogP contribution in [0.4, 0.5) is 0 Å². The highest BCUT2D eigenvalue weighted by molar-refractivity contribution is 6.37. The first-order valence-corrected chi connectivity index (χ1v) is 8.30. The second-order valence-electron chi connectivity index (χ2n) is 5.24. The zero-order chi connectivity index (χ0) is 19.4. The van der Waals surface area contributed by atoms with E-state index in [0.29, 0.717) is 11.1 Å². The first kappa shape index (κ1) is 20.2. The van der Waals surface area contributed by atoms with Gasteiger partial charge in [0.25, 0.3) is 0 Å². The molecule has 0 aliphatic heterocycles. The molecule has 0 unspecified atom stereocenters. The zero-order valence-corrected chi connectivity index (χ0v) is 15.7.